The summed E-state index contributed by atoms with van der Waals surface area (Å²) in [6, 6.07) is -0.654. The Morgan fingerprint density at radius 2 is 2.16 bits per heavy atom. The first kappa shape index (κ1) is 23.6. The van der Waals surface area contributed by atoms with E-state index in [2.05, 4.69) is 4.52 Å². The van der Waals surface area contributed by atoms with Crippen LogP contribution in [0.4, 0.5) is 0 Å². The normalized spacial score (nSPS) is 29.4. The minimum absolute atomic E-state index is 0. The number of hydrogen-bond donors (Lipinski definition) is 1. The van der Waals surface area contributed by atoms with Gasteiger partial charge in [0.1, 0.15) is 7.85 Å². The van der Waals surface area contributed by atoms with Crippen molar-refractivity contribution in [1.29, 1.82) is 0 Å². The second kappa shape index (κ2) is 10.9. The van der Waals surface area contributed by atoms with E-state index in [0.717, 1.165) is 6.61 Å². The van der Waals surface area contributed by atoms with Crippen molar-refractivity contribution < 1.29 is 93.8 Å². The molecule has 6 nitrogen and oxygen atoms in total. The SMILES string of the molecule is [B][C@H]1C[C@@H](OP(=O)([O-])OCC(C)C)[C@@H]([CH-]O)O1.[Y].[Y]. The van der Waals surface area contributed by atoms with E-state index in [4.69, 9.17) is 22.2 Å². The van der Waals surface area contributed by atoms with Gasteiger partial charge in [-0.15, -0.1) is 0 Å². The molecule has 4 atom stereocenters. The summed E-state index contributed by atoms with van der Waals surface area (Å²) in [7, 11) is 1.08. The second-order valence-electron chi connectivity index (χ2n) is 4.30. The fourth-order valence-corrected chi connectivity index (χ4v) is 2.46. The Morgan fingerprint density at radius 1 is 1.58 bits per heavy atom. The Morgan fingerprint density at radius 3 is 2.63 bits per heavy atom. The molecule has 19 heavy (non-hydrogen) atoms. The molecule has 1 aliphatic heterocycles. The molecule has 10 heteroatoms. The molecule has 1 rings (SSSR count). The molecule has 4 radical (unpaired) electrons. The standard InChI is InChI=1S/C9H17BO6P.2Y/c1-6(2)5-14-17(12,13)16-7-3-9(10)15-8(7)4-11;;/h4,6-9,11H,3,5H2,1-2H3,(H,12,13);;/q-1;;/p-1/t7-,8-,9-;;/m1../s1. The van der Waals surface area contributed by atoms with E-state index in [1.54, 1.807) is 0 Å². The quantitative estimate of drug-likeness (QED) is 0.364. The van der Waals surface area contributed by atoms with Crippen molar-refractivity contribution in [1.82, 2.24) is 0 Å². The van der Waals surface area contributed by atoms with E-state index in [9.17, 15) is 9.46 Å². The maximum absolute atomic E-state index is 11.5. The third-order valence-electron chi connectivity index (χ3n) is 2.14. The number of hydrogen-bond acceptors (Lipinski definition) is 6. The van der Waals surface area contributed by atoms with Gasteiger partial charge >= 0.3 is 0 Å². The molecule has 1 unspecified atom stereocenters. The van der Waals surface area contributed by atoms with Crippen LogP contribution in [-0.4, -0.2) is 37.8 Å². The number of rotatable bonds is 6. The largest absolute Gasteiger partial charge is 0.756 e. The Balaban J connectivity index is 0. The Bertz CT molecular complexity index is 296. The van der Waals surface area contributed by atoms with Gasteiger partial charge in [-0.3, -0.25) is 4.57 Å². The Kier molecular flexibility index (Phi) is 13.6. The number of ether oxygens (including phenoxy) is 1. The van der Waals surface area contributed by atoms with Crippen molar-refractivity contribution in [3.8, 4) is 0 Å². The third-order valence-corrected chi connectivity index (χ3v) is 3.13. The van der Waals surface area contributed by atoms with Crippen LogP contribution >= 0.6 is 7.82 Å². The molecule has 0 aromatic heterocycles. The first-order valence-corrected chi connectivity index (χ1v) is 6.82. The van der Waals surface area contributed by atoms with E-state index in [1.807, 2.05) is 13.8 Å². The van der Waals surface area contributed by atoms with Crippen molar-refractivity contribution in [2.24, 2.45) is 5.92 Å². The number of phosphoric ester groups is 1. The smallest absolute Gasteiger partial charge is 0.268 e. The molecular formula is C9H16BO6PY2-2. The van der Waals surface area contributed by atoms with E-state index in [0.29, 0.717) is 0 Å². The molecule has 0 spiro atoms. The second-order valence-corrected chi connectivity index (χ2v) is 5.67. The molecule has 0 aromatic rings. The fraction of sp³-hybridized carbons (Fsp3) is 0.889. The summed E-state index contributed by atoms with van der Waals surface area (Å²) in [5.41, 5.74) is 0. The van der Waals surface area contributed by atoms with Crippen LogP contribution in [0.3, 0.4) is 0 Å². The minimum Gasteiger partial charge on any atom is -0.756 e. The molecule has 1 heterocycles. The number of aliphatic hydroxyl groups is 1. The summed E-state index contributed by atoms with van der Waals surface area (Å²) in [5, 5.41) is 8.85. The molecule has 1 N–H and O–H groups in total. The van der Waals surface area contributed by atoms with Crippen LogP contribution in [0, 0.1) is 12.5 Å². The van der Waals surface area contributed by atoms with Gasteiger partial charge in [0.15, 0.2) is 0 Å². The summed E-state index contributed by atoms with van der Waals surface area (Å²) < 4.78 is 25.9. The van der Waals surface area contributed by atoms with Gasteiger partial charge in [-0.2, -0.15) is 6.61 Å². The van der Waals surface area contributed by atoms with Crippen LogP contribution in [0.1, 0.15) is 20.3 Å². The molecular weight excluding hydrogens is 424 g/mol. The minimum atomic E-state index is -4.39. The van der Waals surface area contributed by atoms with Gasteiger partial charge in [0.2, 0.25) is 0 Å². The van der Waals surface area contributed by atoms with Crippen molar-refractivity contribution in [3.05, 3.63) is 6.61 Å². The molecule has 0 amide bonds. The van der Waals surface area contributed by atoms with Gasteiger partial charge in [-0.05, 0) is 18.4 Å². The van der Waals surface area contributed by atoms with Crippen LogP contribution in [0.2, 0.25) is 0 Å². The van der Waals surface area contributed by atoms with E-state index < -0.39 is 26.0 Å². The molecule has 0 aliphatic carbocycles. The monoisotopic (exact) mass is 440 g/mol. The molecule has 1 fully saturated rings. The zero-order valence-corrected chi connectivity index (χ0v) is 17.5. The summed E-state index contributed by atoms with van der Waals surface area (Å²) in [6.07, 6.45) is -1.51. The summed E-state index contributed by atoms with van der Waals surface area (Å²) in [4.78, 5) is 11.5. The molecule has 0 saturated carbocycles. The van der Waals surface area contributed by atoms with Crippen LogP contribution in [0.25, 0.3) is 0 Å². The molecule has 1 saturated heterocycles. The van der Waals surface area contributed by atoms with Crippen LogP contribution < -0.4 is 4.89 Å². The third kappa shape index (κ3) is 9.12. The zero-order chi connectivity index (χ0) is 13.1. The van der Waals surface area contributed by atoms with E-state index in [-0.39, 0.29) is 84.4 Å². The molecule has 0 bridgehead atoms. The number of phosphoric acid groups is 1. The topological polar surface area (TPSA) is 88.1 Å². The molecule has 1 aliphatic rings. The van der Waals surface area contributed by atoms with Gasteiger partial charge < -0.3 is 23.8 Å². The first-order chi connectivity index (χ1) is 7.84. The maximum Gasteiger partial charge on any atom is 0.268 e. The number of aliphatic hydroxyl groups excluding tert-OH is 1. The fourth-order valence-electron chi connectivity index (χ4n) is 1.38. The van der Waals surface area contributed by atoms with Gasteiger partial charge in [-0.25, -0.2) is 0 Å². The average molecular weight is 440 g/mol. The van der Waals surface area contributed by atoms with Gasteiger partial charge in [0, 0.05) is 71.4 Å². The summed E-state index contributed by atoms with van der Waals surface area (Å²) in [6.45, 7) is 4.41. The van der Waals surface area contributed by atoms with E-state index >= 15 is 0 Å². The Labute approximate surface area is 165 Å². The van der Waals surface area contributed by atoms with Gasteiger partial charge in [0.25, 0.3) is 7.82 Å². The van der Waals surface area contributed by atoms with Gasteiger partial charge in [0.05, 0.1) is 12.7 Å². The predicted molar refractivity (Wildman–Crippen MR) is 58.5 cm³/mol. The van der Waals surface area contributed by atoms with Crippen molar-refractivity contribution in [2.75, 3.05) is 6.61 Å². The summed E-state index contributed by atoms with van der Waals surface area (Å²) >= 11 is 0. The summed E-state index contributed by atoms with van der Waals surface area (Å²) in [5.74, 6) is 0.0724. The first-order valence-electron chi connectivity index (χ1n) is 5.36. The van der Waals surface area contributed by atoms with Crippen LogP contribution in [-0.2, 0) is 83.8 Å². The molecule has 104 valence electrons. The van der Waals surface area contributed by atoms with Crippen LogP contribution in [0.5, 0.6) is 0 Å². The van der Waals surface area contributed by atoms with Crippen LogP contribution in [0.15, 0.2) is 0 Å². The van der Waals surface area contributed by atoms with Crippen molar-refractivity contribution >= 4 is 15.7 Å². The zero-order valence-electron chi connectivity index (χ0n) is 11.0. The van der Waals surface area contributed by atoms with E-state index in [1.165, 1.54) is 0 Å². The molecule has 0 aromatic carbocycles. The predicted octanol–water partition coefficient (Wildman–Crippen LogP) is 0.325. The van der Waals surface area contributed by atoms with Crippen molar-refractivity contribution in [3.63, 3.8) is 0 Å². The van der Waals surface area contributed by atoms with Gasteiger partial charge in [-0.1, -0.05) is 13.8 Å². The Hall–Kier alpha value is 2.30. The average Bonchev–Trinajstić information content (AvgIpc) is 2.55. The maximum atomic E-state index is 11.5. The van der Waals surface area contributed by atoms with Crippen molar-refractivity contribution in [2.45, 2.75) is 38.5 Å².